The summed E-state index contributed by atoms with van der Waals surface area (Å²) in [5.74, 6) is 0.613. The zero-order chi connectivity index (χ0) is 20.1. The molecule has 3 rings (SSSR count). The zero-order valence-corrected chi connectivity index (χ0v) is 17.3. The summed E-state index contributed by atoms with van der Waals surface area (Å²) in [6.45, 7) is 7.54. The molecule has 3 amide bonds. The predicted molar refractivity (Wildman–Crippen MR) is 110 cm³/mol. The first-order valence-electron chi connectivity index (χ1n) is 10.4. The molecule has 1 aromatic rings. The lowest BCUT2D eigenvalue weighted by Crippen LogP contribution is -2.40. The fourth-order valence-corrected chi connectivity index (χ4v) is 3.92. The smallest absolute Gasteiger partial charge is 0.410 e. The van der Waals surface area contributed by atoms with Gasteiger partial charge in [-0.05, 0) is 69.2 Å². The molecule has 1 aliphatic heterocycles. The van der Waals surface area contributed by atoms with Gasteiger partial charge < -0.3 is 20.3 Å². The van der Waals surface area contributed by atoms with Crippen LogP contribution in [0.25, 0.3) is 0 Å². The SMILES string of the molecule is CC(C)(C)OC(=O)N1CCc2cc(NC(=O)NCC3CCCCC3)ccc2C1. The number of benzene rings is 1. The van der Waals surface area contributed by atoms with Gasteiger partial charge in [-0.25, -0.2) is 9.59 Å². The van der Waals surface area contributed by atoms with E-state index in [4.69, 9.17) is 4.74 Å². The van der Waals surface area contributed by atoms with E-state index in [0.29, 0.717) is 19.0 Å². The molecule has 0 aromatic heterocycles. The highest BCUT2D eigenvalue weighted by Gasteiger charge is 2.25. The third-order valence-electron chi connectivity index (χ3n) is 5.40. The van der Waals surface area contributed by atoms with Crippen LogP contribution in [0.5, 0.6) is 0 Å². The summed E-state index contributed by atoms with van der Waals surface area (Å²) in [6, 6.07) is 5.76. The minimum absolute atomic E-state index is 0.142. The molecule has 6 nitrogen and oxygen atoms in total. The maximum Gasteiger partial charge on any atom is 0.410 e. The van der Waals surface area contributed by atoms with Crippen LogP contribution in [0, 0.1) is 5.92 Å². The molecular formula is C22H33N3O3. The van der Waals surface area contributed by atoms with E-state index in [1.165, 1.54) is 37.7 Å². The topological polar surface area (TPSA) is 70.7 Å². The van der Waals surface area contributed by atoms with Crippen LogP contribution in [0.1, 0.15) is 64.0 Å². The van der Waals surface area contributed by atoms with Crippen molar-refractivity contribution in [1.29, 1.82) is 0 Å². The Morgan fingerprint density at radius 3 is 2.61 bits per heavy atom. The number of carbonyl (C=O) groups excluding carboxylic acids is 2. The van der Waals surface area contributed by atoms with Gasteiger partial charge in [-0.1, -0.05) is 25.3 Å². The summed E-state index contributed by atoms with van der Waals surface area (Å²) >= 11 is 0. The largest absolute Gasteiger partial charge is 0.444 e. The number of carbonyl (C=O) groups is 2. The van der Waals surface area contributed by atoms with E-state index in [-0.39, 0.29) is 12.1 Å². The first-order valence-corrected chi connectivity index (χ1v) is 10.4. The quantitative estimate of drug-likeness (QED) is 0.791. The van der Waals surface area contributed by atoms with Gasteiger partial charge in [-0.2, -0.15) is 0 Å². The average molecular weight is 388 g/mol. The molecule has 0 bridgehead atoms. The predicted octanol–water partition coefficient (Wildman–Crippen LogP) is 4.68. The van der Waals surface area contributed by atoms with E-state index < -0.39 is 5.60 Å². The highest BCUT2D eigenvalue weighted by Crippen LogP contribution is 2.25. The molecule has 6 heteroatoms. The van der Waals surface area contributed by atoms with Crippen molar-refractivity contribution in [3.63, 3.8) is 0 Å². The summed E-state index contributed by atoms with van der Waals surface area (Å²) in [5, 5.41) is 5.95. The van der Waals surface area contributed by atoms with Gasteiger partial charge in [-0.3, -0.25) is 0 Å². The van der Waals surface area contributed by atoms with Crippen molar-refractivity contribution < 1.29 is 14.3 Å². The molecule has 0 saturated heterocycles. The Bertz CT molecular complexity index is 705. The van der Waals surface area contributed by atoms with Crippen molar-refractivity contribution in [2.24, 2.45) is 5.92 Å². The lowest BCUT2D eigenvalue weighted by Gasteiger charge is -2.31. The molecule has 1 heterocycles. The minimum Gasteiger partial charge on any atom is -0.444 e. The molecule has 1 fully saturated rings. The number of ether oxygens (including phenoxy) is 1. The maximum absolute atomic E-state index is 12.3. The van der Waals surface area contributed by atoms with Crippen LogP contribution in [0.2, 0.25) is 0 Å². The second-order valence-electron chi connectivity index (χ2n) is 8.97. The number of amides is 3. The Morgan fingerprint density at radius 2 is 1.89 bits per heavy atom. The van der Waals surface area contributed by atoms with E-state index in [0.717, 1.165) is 24.2 Å². The fourth-order valence-electron chi connectivity index (χ4n) is 3.92. The van der Waals surface area contributed by atoms with Gasteiger partial charge in [0.05, 0.1) is 0 Å². The number of fused-ring (bicyclic) bond motifs is 1. The second kappa shape index (κ2) is 8.84. The molecule has 28 heavy (non-hydrogen) atoms. The summed E-state index contributed by atoms with van der Waals surface area (Å²) in [6.07, 6.45) is 6.79. The van der Waals surface area contributed by atoms with Crippen molar-refractivity contribution >= 4 is 17.8 Å². The maximum atomic E-state index is 12.3. The number of rotatable bonds is 3. The Morgan fingerprint density at radius 1 is 1.14 bits per heavy atom. The number of anilines is 1. The lowest BCUT2D eigenvalue weighted by molar-refractivity contribution is 0.0224. The number of hydrogen-bond donors (Lipinski definition) is 2. The van der Waals surface area contributed by atoms with Crippen molar-refractivity contribution in [2.45, 2.75) is 71.4 Å². The van der Waals surface area contributed by atoms with Gasteiger partial charge in [-0.15, -0.1) is 0 Å². The van der Waals surface area contributed by atoms with E-state index in [1.807, 2.05) is 39.0 Å². The third-order valence-corrected chi connectivity index (χ3v) is 5.40. The van der Waals surface area contributed by atoms with E-state index in [2.05, 4.69) is 10.6 Å². The lowest BCUT2D eigenvalue weighted by atomic mass is 9.89. The van der Waals surface area contributed by atoms with Crippen molar-refractivity contribution in [3.05, 3.63) is 29.3 Å². The monoisotopic (exact) mass is 387 g/mol. The van der Waals surface area contributed by atoms with Crippen LogP contribution in [-0.2, 0) is 17.7 Å². The number of nitrogens with zero attached hydrogens (tertiary/aromatic N) is 1. The molecule has 154 valence electrons. The average Bonchev–Trinajstić information content (AvgIpc) is 2.65. The summed E-state index contributed by atoms with van der Waals surface area (Å²) < 4.78 is 5.47. The normalized spacial score (nSPS) is 17.6. The van der Waals surface area contributed by atoms with Gasteiger partial charge in [0.15, 0.2) is 0 Å². The molecular weight excluding hydrogens is 354 g/mol. The molecule has 0 spiro atoms. The molecule has 1 aromatic carbocycles. The molecule has 0 radical (unpaired) electrons. The Balaban J connectivity index is 1.51. The fraction of sp³-hybridized carbons (Fsp3) is 0.636. The van der Waals surface area contributed by atoms with Gasteiger partial charge >= 0.3 is 12.1 Å². The Kier molecular flexibility index (Phi) is 6.47. The first kappa shape index (κ1) is 20.5. The third kappa shape index (κ3) is 5.88. The summed E-state index contributed by atoms with van der Waals surface area (Å²) in [5.41, 5.74) is 2.58. The van der Waals surface area contributed by atoms with Crippen LogP contribution in [0.15, 0.2) is 18.2 Å². The minimum atomic E-state index is -0.490. The second-order valence-corrected chi connectivity index (χ2v) is 8.97. The molecule has 1 aliphatic carbocycles. The van der Waals surface area contributed by atoms with Gasteiger partial charge in [0.1, 0.15) is 5.60 Å². The molecule has 1 saturated carbocycles. The van der Waals surface area contributed by atoms with Gasteiger partial charge in [0.25, 0.3) is 0 Å². The molecule has 0 unspecified atom stereocenters. The number of hydrogen-bond acceptors (Lipinski definition) is 3. The Hall–Kier alpha value is -2.24. The number of nitrogens with one attached hydrogen (secondary N) is 2. The van der Waals surface area contributed by atoms with Crippen molar-refractivity contribution in [3.8, 4) is 0 Å². The number of urea groups is 1. The summed E-state index contributed by atoms with van der Waals surface area (Å²) in [7, 11) is 0. The van der Waals surface area contributed by atoms with Crippen molar-refractivity contribution in [2.75, 3.05) is 18.4 Å². The van der Waals surface area contributed by atoms with Crippen LogP contribution in [0.4, 0.5) is 15.3 Å². The van der Waals surface area contributed by atoms with Crippen LogP contribution >= 0.6 is 0 Å². The summed E-state index contributed by atoms with van der Waals surface area (Å²) in [4.78, 5) is 26.2. The van der Waals surface area contributed by atoms with E-state index in [9.17, 15) is 9.59 Å². The van der Waals surface area contributed by atoms with Gasteiger partial charge in [0, 0.05) is 25.3 Å². The highest BCUT2D eigenvalue weighted by molar-refractivity contribution is 5.89. The van der Waals surface area contributed by atoms with Gasteiger partial charge in [0.2, 0.25) is 0 Å². The van der Waals surface area contributed by atoms with Crippen LogP contribution in [-0.4, -0.2) is 35.7 Å². The highest BCUT2D eigenvalue weighted by atomic mass is 16.6. The van der Waals surface area contributed by atoms with Crippen LogP contribution in [0.3, 0.4) is 0 Å². The Labute approximate surface area is 168 Å². The molecule has 0 atom stereocenters. The van der Waals surface area contributed by atoms with E-state index in [1.54, 1.807) is 4.90 Å². The zero-order valence-electron chi connectivity index (χ0n) is 17.3. The van der Waals surface area contributed by atoms with Crippen LogP contribution < -0.4 is 10.6 Å². The first-order chi connectivity index (χ1) is 13.3. The molecule has 2 aliphatic rings. The van der Waals surface area contributed by atoms with E-state index >= 15 is 0 Å². The molecule has 2 N–H and O–H groups in total. The van der Waals surface area contributed by atoms with Crippen molar-refractivity contribution in [1.82, 2.24) is 10.2 Å². The standard InChI is InChI=1S/C22H33N3O3/c1-22(2,3)28-21(27)25-12-11-17-13-19(10-9-18(17)15-25)24-20(26)23-14-16-7-5-4-6-8-16/h9-10,13,16H,4-8,11-12,14-15H2,1-3H3,(H2,23,24,26).